The zero-order valence-electron chi connectivity index (χ0n) is 15.5. The van der Waals surface area contributed by atoms with Crippen LogP contribution in [0.15, 0.2) is 36.4 Å². The van der Waals surface area contributed by atoms with Gasteiger partial charge in [-0.3, -0.25) is 4.79 Å². The first-order valence-corrected chi connectivity index (χ1v) is 8.70. The molecule has 1 N–H and O–H groups in total. The third-order valence-corrected chi connectivity index (χ3v) is 4.57. The number of benzene rings is 2. The average Bonchev–Trinajstić information content (AvgIpc) is 3.05. The fourth-order valence-electron chi connectivity index (χ4n) is 3.20. The van der Waals surface area contributed by atoms with Crippen LogP contribution in [0.3, 0.4) is 0 Å². The number of amides is 1. The summed E-state index contributed by atoms with van der Waals surface area (Å²) >= 11 is 0. The number of ether oxygens (including phenoxy) is 2. The number of aliphatic carboxylic acids is 1. The second-order valence-electron chi connectivity index (χ2n) is 6.50. The molecule has 0 bridgehead atoms. The van der Waals surface area contributed by atoms with Crippen molar-refractivity contribution in [1.82, 2.24) is 4.90 Å². The van der Waals surface area contributed by atoms with Crippen LogP contribution < -0.4 is 4.74 Å². The zero-order chi connectivity index (χ0) is 21.2. The molecular formula is C20H18F3NO5. The Hall–Kier alpha value is -3.23. The smallest absolute Gasteiger partial charge is 0.416 e. The van der Waals surface area contributed by atoms with E-state index in [1.54, 1.807) is 18.2 Å². The van der Waals surface area contributed by atoms with E-state index in [1.165, 1.54) is 18.1 Å². The largest absolute Gasteiger partial charge is 0.496 e. The van der Waals surface area contributed by atoms with E-state index in [4.69, 9.17) is 14.6 Å². The first-order chi connectivity index (χ1) is 13.7. The highest BCUT2D eigenvalue weighted by molar-refractivity contribution is 5.76. The van der Waals surface area contributed by atoms with Gasteiger partial charge in [0, 0.05) is 12.1 Å². The number of nitrogens with zero attached hydrogens (tertiary/aromatic N) is 1. The van der Waals surface area contributed by atoms with Gasteiger partial charge in [-0.05, 0) is 41.0 Å². The van der Waals surface area contributed by atoms with E-state index in [-0.39, 0.29) is 31.7 Å². The Kier molecular flexibility index (Phi) is 5.67. The molecule has 1 aliphatic heterocycles. The Labute approximate surface area is 164 Å². The molecule has 0 unspecified atom stereocenters. The summed E-state index contributed by atoms with van der Waals surface area (Å²) in [4.78, 5) is 24.2. The van der Waals surface area contributed by atoms with E-state index < -0.39 is 23.8 Å². The fourth-order valence-corrected chi connectivity index (χ4v) is 3.20. The molecule has 0 aromatic heterocycles. The maximum atomic E-state index is 13.2. The van der Waals surface area contributed by atoms with E-state index >= 15 is 0 Å². The van der Waals surface area contributed by atoms with Gasteiger partial charge in [0.05, 0.1) is 25.6 Å². The number of carbonyl (C=O) groups excluding carboxylic acids is 1. The molecule has 1 amide bonds. The molecule has 9 heteroatoms. The van der Waals surface area contributed by atoms with Crippen LogP contribution in [0.1, 0.15) is 16.7 Å². The first kappa shape index (κ1) is 20.5. The summed E-state index contributed by atoms with van der Waals surface area (Å²) in [6, 6.07) is 8.06. The van der Waals surface area contributed by atoms with Crippen LogP contribution in [0.5, 0.6) is 5.75 Å². The van der Waals surface area contributed by atoms with Crippen molar-refractivity contribution in [3.63, 3.8) is 0 Å². The predicted octanol–water partition coefficient (Wildman–Crippen LogP) is 3.96. The van der Waals surface area contributed by atoms with Gasteiger partial charge < -0.3 is 19.5 Å². The van der Waals surface area contributed by atoms with Crippen LogP contribution in [0.25, 0.3) is 11.1 Å². The molecule has 2 aromatic rings. The van der Waals surface area contributed by atoms with E-state index in [1.807, 2.05) is 0 Å². The molecule has 0 aliphatic carbocycles. The Bertz CT molecular complexity index is 942. The number of hydrogen-bond donors (Lipinski definition) is 1. The fraction of sp³-hybridized carbons (Fsp3) is 0.300. The van der Waals surface area contributed by atoms with Crippen molar-refractivity contribution in [2.24, 2.45) is 0 Å². The van der Waals surface area contributed by atoms with Crippen molar-refractivity contribution in [2.45, 2.75) is 19.1 Å². The summed E-state index contributed by atoms with van der Waals surface area (Å²) in [5.74, 6) is -0.694. The van der Waals surface area contributed by atoms with Crippen LogP contribution in [-0.2, 0) is 28.7 Å². The second-order valence-corrected chi connectivity index (χ2v) is 6.50. The number of carboxylic acids is 1. The van der Waals surface area contributed by atoms with Crippen molar-refractivity contribution < 1.29 is 37.3 Å². The molecular weight excluding hydrogens is 391 g/mol. The molecule has 0 saturated carbocycles. The zero-order valence-corrected chi connectivity index (χ0v) is 15.5. The van der Waals surface area contributed by atoms with Gasteiger partial charge in [0.1, 0.15) is 12.4 Å². The lowest BCUT2D eigenvalue weighted by atomic mass is 9.94. The van der Waals surface area contributed by atoms with Gasteiger partial charge in [-0.25, -0.2) is 4.79 Å². The van der Waals surface area contributed by atoms with Gasteiger partial charge in [0.2, 0.25) is 0 Å². The van der Waals surface area contributed by atoms with Crippen LogP contribution in [0, 0.1) is 0 Å². The topological polar surface area (TPSA) is 76.1 Å². The molecule has 0 spiro atoms. The van der Waals surface area contributed by atoms with Crippen molar-refractivity contribution in [3.8, 4) is 16.9 Å². The number of halogens is 3. The molecule has 3 rings (SSSR count). The lowest BCUT2D eigenvalue weighted by Crippen LogP contribution is -2.24. The van der Waals surface area contributed by atoms with Crippen molar-refractivity contribution in [1.29, 1.82) is 0 Å². The van der Waals surface area contributed by atoms with Gasteiger partial charge in [0.25, 0.3) is 0 Å². The Morgan fingerprint density at radius 3 is 2.55 bits per heavy atom. The number of carboxylic acid groups (broad SMARTS) is 1. The average molecular weight is 409 g/mol. The molecule has 2 aromatic carbocycles. The summed E-state index contributed by atoms with van der Waals surface area (Å²) in [5, 5.41) is 9.11. The van der Waals surface area contributed by atoms with Gasteiger partial charge in [0.15, 0.2) is 0 Å². The third kappa shape index (κ3) is 4.61. The summed E-state index contributed by atoms with van der Waals surface area (Å²) in [5.41, 5.74) is 0.836. The normalized spacial score (nSPS) is 14.1. The molecule has 0 atom stereocenters. The summed E-state index contributed by atoms with van der Waals surface area (Å²) in [6.45, 7) is 0.401. The van der Waals surface area contributed by atoms with E-state index in [0.29, 0.717) is 22.4 Å². The first-order valence-electron chi connectivity index (χ1n) is 8.70. The molecule has 1 aliphatic rings. The van der Waals surface area contributed by atoms with Crippen molar-refractivity contribution in [2.75, 3.05) is 20.3 Å². The van der Waals surface area contributed by atoms with Crippen LogP contribution in [0.4, 0.5) is 18.0 Å². The Balaban J connectivity index is 2.07. The SMILES string of the molecule is COc1ccc(-c2ccc(C(F)(F)F)cc2CN2CCOC2=O)cc1CC(=O)O. The maximum absolute atomic E-state index is 13.2. The van der Waals surface area contributed by atoms with Crippen LogP contribution in [0.2, 0.25) is 0 Å². The Morgan fingerprint density at radius 2 is 1.97 bits per heavy atom. The quantitative estimate of drug-likeness (QED) is 0.782. The molecule has 0 radical (unpaired) electrons. The summed E-state index contributed by atoms with van der Waals surface area (Å²) < 4.78 is 49.7. The lowest BCUT2D eigenvalue weighted by molar-refractivity contribution is -0.138. The second kappa shape index (κ2) is 8.02. The van der Waals surface area contributed by atoms with Crippen molar-refractivity contribution >= 4 is 12.1 Å². The van der Waals surface area contributed by atoms with E-state index in [0.717, 1.165) is 12.1 Å². The molecule has 6 nitrogen and oxygen atoms in total. The maximum Gasteiger partial charge on any atom is 0.416 e. The van der Waals surface area contributed by atoms with Gasteiger partial charge >= 0.3 is 18.2 Å². The van der Waals surface area contributed by atoms with Crippen LogP contribution >= 0.6 is 0 Å². The van der Waals surface area contributed by atoms with Gasteiger partial charge in [-0.15, -0.1) is 0 Å². The van der Waals surface area contributed by atoms with Crippen molar-refractivity contribution in [3.05, 3.63) is 53.1 Å². The molecule has 1 fully saturated rings. The number of alkyl halides is 3. The van der Waals surface area contributed by atoms with Gasteiger partial charge in [-0.1, -0.05) is 12.1 Å². The monoisotopic (exact) mass is 409 g/mol. The number of carbonyl (C=O) groups is 2. The number of hydrogen-bond acceptors (Lipinski definition) is 4. The minimum absolute atomic E-state index is 0.0572. The van der Waals surface area contributed by atoms with E-state index in [2.05, 4.69) is 0 Å². The standard InChI is InChI=1S/C20H18F3NO5/c1-28-17-5-2-12(8-13(17)10-18(25)26)16-4-3-15(20(21,22)23)9-14(16)11-24-6-7-29-19(24)27/h2-5,8-9H,6-7,10-11H2,1H3,(H,25,26). The third-order valence-electron chi connectivity index (χ3n) is 4.57. The summed E-state index contributed by atoms with van der Waals surface area (Å²) in [6.07, 6.45) is -5.42. The highest BCUT2D eigenvalue weighted by Gasteiger charge is 2.32. The predicted molar refractivity (Wildman–Crippen MR) is 96.5 cm³/mol. The molecule has 29 heavy (non-hydrogen) atoms. The summed E-state index contributed by atoms with van der Waals surface area (Å²) in [7, 11) is 1.41. The number of cyclic esters (lactones) is 1. The van der Waals surface area contributed by atoms with Crippen LogP contribution in [-0.4, -0.2) is 42.3 Å². The highest BCUT2D eigenvalue weighted by Crippen LogP contribution is 2.35. The van der Waals surface area contributed by atoms with Gasteiger partial charge in [-0.2, -0.15) is 13.2 Å². The molecule has 154 valence electrons. The number of methoxy groups -OCH3 is 1. The minimum Gasteiger partial charge on any atom is -0.496 e. The molecule has 1 saturated heterocycles. The Morgan fingerprint density at radius 1 is 1.21 bits per heavy atom. The van der Waals surface area contributed by atoms with E-state index in [9.17, 15) is 22.8 Å². The molecule has 1 heterocycles. The minimum atomic E-state index is -4.53. The lowest BCUT2D eigenvalue weighted by Gasteiger charge is -2.19. The number of rotatable bonds is 6. The highest BCUT2D eigenvalue weighted by atomic mass is 19.4.